The molecule has 0 N–H and O–H groups in total. The predicted molar refractivity (Wildman–Crippen MR) is 67.0 cm³/mol. The highest BCUT2D eigenvalue weighted by Gasteiger charge is 2.34. The summed E-state index contributed by atoms with van der Waals surface area (Å²) in [4.78, 5) is 0. The lowest BCUT2D eigenvalue weighted by molar-refractivity contribution is 0.0492. The average Bonchev–Trinajstić information content (AvgIpc) is 2.38. The van der Waals surface area contributed by atoms with Crippen molar-refractivity contribution in [1.82, 2.24) is 0 Å². The second-order valence-corrected chi connectivity index (χ2v) is 5.86. The van der Waals surface area contributed by atoms with Crippen molar-refractivity contribution in [2.24, 2.45) is 11.8 Å². The van der Waals surface area contributed by atoms with Crippen LogP contribution in [0.2, 0.25) is 0 Å². The molecule has 0 aromatic rings. The average molecular weight is 243 g/mol. The maximum atomic E-state index is 10.8. The fraction of sp³-hybridized carbons (Fsp3) is 1.00. The van der Waals surface area contributed by atoms with Crippen molar-refractivity contribution in [3.05, 3.63) is 0 Å². The molecule has 2 aliphatic carbocycles. The van der Waals surface area contributed by atoms with E-state index in [1.54, 1.807) is 0 Å². The van der Waals surface area contributed by atoms with Crippen LogP contribution in [0.3, 0.4) is 0 Å². The van der Waals surface area contributed by atoms with Crippen molar-refractivity contribution in [1.29, 1.82) is 0 Å². The lowest BCUT2D eigenvalue weighted by atomic mass is 9.75. The summed E-state index contributed by atoms with van der Waals surface area (Å²) < 4.78 is 16.4. The van der Waals surface area contributed by atoms with Gasteiger partial charge in [-0.15, -0.1) is 4.52 Å². The molecule has 2 aliphatic rings. The summed E-state index contributed by atoms with van der Waals surface area (Å²) in [7, 11) is -0.563. The van der Waals surface area contributed by atoms with Crippen LogP contribution in [0.1, 0.15) is 64.2 Å². The van der Waals surface area contributed by atoms with Crippen LogP contribution in [-0.4, -0.2) is 6.10 Å². The van der Waals surface area contributed by atoms with Gasteiger partial charge in [-0.2, -0.15) is 0 Å². The zero-order chi connectivity index (χ0) is 11.2. The van der Waals surface area contributed by atoms with E-state index in [4.69, 9.17) is 4.52 Å². The Morgan fingerprint density at radius 1 is 0.812 bits per heavy atom. The molecule has 0 heterocycles. The largest absolute Gasteiger partial charge is 0.494 e. The summed E-state index contributed by atoms with van der Waals surface area (Å²) in [5.41, 5.74) is 0. The van der Waals surface area contributed by atoms with E-state index in [1.165, 1.54) is 64.2 Å². The van der Waals surface area contributed by atoms with E-state index in [0.29, 0.717) is 17.9 Å². The van der Waals surface area contributed by atoms with Crippen molar-refractivity contribution < 1.29 is 9.09 Å². The summed E-state index contributed by atoms with van der Waals surface area (Å²) in [6, 6.07) is 0. The Morgan fingerprint density at radius 2 is 1.25 bits per heavy atom. The first kappa shape index (κ1) is 12.5. The van der Waals surface area contributed by atoms with Crippen LogP contribution in [0.4, 0.5) is 0 Å². The highest BCUT2D eigenvalue weighted by molar-refractivity contribution is 7.17. The number of rotatable bonds is 4. The Kier molecular flexibility index (Phi) is 5.25. The lowest BCUT2D eigenvalue weighted by Crippen LogP contribution is -2.32. The molecule has 0 aliphatic heterocycles. The molecule has 0 bridgehead atoms. The van der Waals surface area contributed by atoms with Gasteiger partial charge in [0, 0.05) is 0 Å². The summed E-state index contributed by atoms with van der Waals surface area (Å²) >= 11 is 0. The summed E-state index contributed by atoms with van der Waals surface area (Å²) in [6.45, 7) is 0. The van der Waals surface area contributed by atoms with Gasteiger partial charge in [0.1, 0.15) is 6.10 Å². The molecule has 1 atom stereocenters. The molecule has 2 nitrogen and oxygen atoms in total. The van der Waals surface area contributed by atoms with Crippen LogP contribution in [0.25, 0.3) is 0 Å². The molecule has 0 aromatic heterocycles. The minimum absolute atomic E-state index is 0.302. The third-order valence-corrected chi connectivity index (χ3v) is 4.78. The normalized spacial score (nSPS) is 25.3. The fourth-order valence-corrected chi connectivity index (χ4v) is 4.05. The van der Waals surface area contributed by atoms with E-state index in [1.807, 2.05) is 0 Å². The van der Waals surface area contributed by atoms with Gasteiger partial charge in [-0.3, -0.25) is 0 Å². The Morgan fingerprint density at radius 3 is 1.62 bits per heavy atom. The van der Waals surface area contributed by atoms with Gasteiger partial charge in [0.25, 0.3) is 0 Å². The van der Waals surface area contributed by atoms with Crippen LogP contribution in [-0.2, 0) is 9.09 Å². The topological polar surface area (TPSA) is 26.3 Å². The second-order valence-electron chi connectivity index (χ2n) is 5.46. The van der Waals surface area contributed by atoms with Gasteiger partial charge >= 0.3 is 8.69 Å². The summed E-state index contributed by atoms with van der Waals surface area (Å²) in [6.07, 6.45) is 13.6. The molecule has 1 unspecified atom stereocenters. The van der Waals surface area contributed by atoms with Gasteiger partial charge in [-0.05, 0) is 42.1 Å². The fourth-order valence-electron chi connectivity index (χ4n) is 3.56. The van der Waals surface area contributed by atoms with Crippen LogP contribution >= 0.6 is 8.69 Å². The first-order valence-electron chi connectivity index (χ1n) is 6.94. The van der Waals surface area contributed by atoms with Crippen LogP contribution in [0, 0.1) is 11.8 Å². The lowest BCUT2D eigenvalue weighted by Gasteiger charge is -2.33. The molecule has 0 radical (unpaired) electrons. The van der Waals surface area contributed by atoms with E-state index in [0.717, 1.165) is 0 Å². The standard InChI is InChI=1S/C13H24O2P/c14-16-15-13(11-7-3-1-4-8-11)12-9-5-2-6-10-12/h11-13,16H,1-10H2/q+1. The van der Waals surface area contributed by atoms with Gasteiger partial charge < -0.3 is 0 Å². The molecule has 3 heteroatoms. The first-order valence-corrected chi connectivity index (χ1v) is 7.76. The quantitative estimate of drug-likeness (QED) is 0.681. The van der Waals surface area contributed by atoms with Gasteiger partial charge in [0.05, 0.1) is 0 Å². The smallest absolute Gasteiger partial charge is 0.144 e. The van der Waals surface area contributed by atoms with Gasteiger partial charge in [0.2, 0.25) is 0 Å². The Bertz CT molecular complexity index is 190. The monoisotopic (exact) mass is 243 g/mol. The molecule has 0 aromatic carbocycles. The van der Waals surface area contributed by atoms with Crippen molar-refractivity contribution in [3.8, 4) is 0 Å². The minimum atomic E-state index is -0.563. The van der Waals surface area contributed by atoms with E-state index in [-0.39, 0.29) is 0 Å². The van der Waals surface area contributed by atoms with E-state index in [2.05, 4.69) is 0 Å². The van der Waals surface area contributed by atoms with Crippen LogP contribution < -0.4 is 0 Å². The molecule has 92 valence electrons. The molecular formula is C13H24O2P+. The SMILES string of the molecule is O=[PH+]OC(C1CCCCC1)C1CCCCC1. The van der Waals surface area contributed by atoms with Crippen molar-refractivity contribution in [3.63, 3.8) is 0 Å². The molecule has 2 fully saturated rings. The van der Waals surface area contributed by atoms with E-state index >= 15 is 0 Å². The van der Waals surface area contributed by atoms with E-state index in [9.17, 15) is 4.57 Å². The first-order chi connectivity index (χ1) is 7.92. The Labute approximate surface area is 100 Å². The molecule has 2 rings (SSSR count). The van der Waals surface area contributed by atoms with Crippen LogP contribution in [0.5, 0.6) is 0 Å². The Balaban J connectivity index is 1.93. The zero-order valence-electron chi connectivity index (χ0n) is 10.1. The number of hydrogen-bond donors (Lipinski definition) is 0. The van der Waals surface area contributed by atoms with Crippen molar-refractivity contribution in [2.45, 2.75) is 70.3 Å². The maximum absolute atomic E-state index is 10.8. The van der Waals surface area contributed by atoms with Gasteiger partial charge in [-0.1, -0.05) is 38.5 Å². The molecule has 0 amide bonds. The molecule has 0 spiro atoms. The Hall–Kier alpha value is 0.0600. The molecular weight excluding hydrogens is 219 g/mol. The van der Waals surface area contributed by atoms with E-state index < -0.39 is 8.69 Å². The summed E-state index contributed by atoms with van der Waals surface area (Å²) in [5.74, 6) is 1.39. The predicted octanol–water partition coefficient (Wildman–Crippen LogP) is 4.47. The molecule has 16 heavy (non-hydrogen) atoms. The van der Waals surface area contributed by atoms with Crippen LogP contribution in [0.15, 0.2) is 0 Å². The minimum Gasteiger partial charge on any atom is -0.144 e. The third-order valence-electron chi connectivity index (χ3n) is 4.41. The van der Waals surface area contributed by atoms with Gasteiger partial charge in [-0.25, -0.2) is 0 Å². The maximum Gasteiger partial charge on any atom is 0.494 e. The van der Waals surface area contributed by atoms with Crippen molar-refractivity contribution in [2.75, 3.05) is 0 Å². The zero-order valence-corrected chi connectivity index (χ0v) is 11.1. The summed E-state index contributed by atoms with van der Waals surface area (Å²) in [5, 5.41) is 0. The molecule has 0 saturated heterocycles. The second kappa shape index (κ2) is 6.71. The molecule has 2 saturated carbocycles. The van der Waals surface area contributed by atoms with Crippen molar-refractivity contribution >= 4 is 8.69 Å². The highest BCUT2D eigenvalue weighted by atomic mass is 31.1. The third kappa shape index (κ3) is 3.28. The highest BCUT2D eigenvalue weighted by Crippen LogP contribution is 2.38. The number of hydrogen-bond acceptors (Lipinski definition) is 2. The van der Waals surface area contributed by atoms with Gasteiger partial charge in [0.15, 0.2) is 0 Å².